The molecule has 0 unspecified atom stereocenters. The Bertz CT molecular complexity index is 757. The van der Waals surface area contributed by atoms with Crippen molar-refractivity contribution in [2.75, 3.05) is 19.5 Å². The van der Waals surface area contributed by atoms with E-state index in [1.165, 1.54) is 7.11 Å². The van der Waals surface area contributed by atoms with Crippen LogP contribution in [-0.4, -0.2) is 42.5 Å². The van der Waals surface area contributed by atoms with Crippen LogP contribution in [0.3, 0.4) is 0 Å². The predicted octanol–water partition coefficient (Wildman–Crippen LogP) is 2.12. The smallest absolute Gasteiger partial charge is 0.328 e. The summed E-state index contributed by atoms with van der Waals surface area (Å²) in [4.78, 5) is 23.9. The second kappa shape index (κ2) is 8.41. The van der Waals surface area contributed by atoms with Crippen LogP contribution in [0.1, 0.15) is 5.56 Å². The van der Waals surface area contributed by atoms with E-state index in [9.17, 15) is 9.59 Å². The summed E-state index contributed by atoms with van der Waals surface area (Å²) < 4.78 is 10.3. The minimum atomic E-state index is -0.838. The number of hydrogen-bond acceptors (Lipinski definition) is 7. The van der Waals surface area contributed by atoms with Crippen molar-refractivity contribution in [2.45, 2.75) is 12.5 Å². The third-order valence-electron chi connectivity index (χ3n) is 3.05. The van der Waals surface area contributed by atoms with Crippen LogP contribution in [0.25, 0.3) is 0 Å². The summed E-state index contributed by atoms with van der Waals surface area (Å²) >= 11 is 6.00. The van der Waals surface area contributed by atoms with Gasteiger partial charge in [-0.3, -0.25) is 10.4 Å². The zero-order chi connectivity index (χ0) is 17.5. The van der Waals surface area contributed by atoms with E-state index in [2.05, 4.69) is 20.8 Å². The lowest BCUT2D eigenvalue weighted by atomic mass is 10.1. The van der Waals surface area contributed by atoms with Crippen LogP contribution in [0.5, 0.6) is 5.75 Å². The van der Waals surface area contributed by atoms with Gasteiger partial charge in [0.1, 0.15) is 11.8 Å². The average molecular weight is 368 g/mol. The van der Waals surface area contributed by atoms with Crippen molar-refractivity contribution in [1.82, 2.24) is 15.5 Å². The highest BCUT2D eigenvalue weighted by Crippen LogP contribution is 2.14. The molecule has 0 aliphatic heterocycles. The Hall–Kier alpha value is -2.46. The van der Waals surface area contributed by atoms with Crippen LogP contribution in [-0.2, 0) is 16.0 Å². The van der Waals surface area contributed by atoms with E-state index < -0.39 is 18.0 Å². The number of nitrogens with one attached hydrogen (secondary N) is 3. The molecule has 0 aliphatic carbocycles. The second-order valence-electron chi connectivity index (χ2n) is 4.64. The number of aromatic amines is 1. The Morgan fingerprint density at radius 3 is 2.58 bits per heavy atom. The Morgan fingerprint density at radius 1 is 1.33 bits per heavy atom. The molecule has 1 aromatic heterocycles. The molecular formula is C14H16N4O4S2. The summed E-state index contributed by atoms with van der Waals surface area (Å²) in [6, 6.07) is 5.77. The molecule has 0 radical (unpaired) electrons. The molecule has 2 aromatic rings. The summed E-state index contributed by atoms with van der Waals surface area (Å²) in [5.74, 6) is 0.162. The standard InChI is InChI=1S/C14H16N4O4S2/c1-21-9-5-3-8(4-6-9)7-10(11(19)22-2)15-12(20)16-13-17-18-14(23)24-13/h3-6,10H,7H2,1-2H3,(H,18,23)(H2,15,16,17,20)/t10-/m0/s1. The third-order valence-corrected chi connectivity index (χ3v) is 4.05. The number of urea groups is 1. The zero-order valence-electron chi connectivity index (χ0n) is 13.0. The van der Waals surface area contributed by atoms with Crippen LogP contribution in [0.4, 0.5) is 9.93 Å². The highest BCUT2D eigenvalue weighted by atomic mass is 32.1. The van der Waals surface area contributed by atoms with E-state index in [4.69, 9.17) is 21.7 Å². The molecule has 2 rings (SSSR count). The van der Waals surface area contributed by atoms with Crippen molar-refractivity contribution in [1.29, 1.82) is 0 Å². The number of carbonyl (C=O) groups excluding carboxylic acids is 2. The highest BCUT2D eigenvalue weighted by Gasteiger charge is 2.22. The number of nitrogens with zero attached hydrogens (tertiary/aromatic N) is 1. The molecule has 2 amide bonds. The van der Waals surface area contributed by atoms with Gasteiger partial charge in [-0.1, -0.05) is 23.5 Å². The first kappa shape index (κ1) is 17.9. The van der Waals surface area contributed by atoms with Gasteiger partial charge in [0.05, 0.1) is 14.2 Å². The fraction of sp³-hybridized carbons (Fsp3) is 0.286. The van der Waals surface area contributed by atoms with Gasteiger partial charge in [-0.25, -0.2) is 9.59 Å². The summed E-state index contributed by atoms with van der Waals surface area (Å²) in [5.41, 5.74) is 0.849. The van der Waals surface area contributed by atoms with Gasteiger partial charge in [-0.05, 0) is 29.9 Å². The van der Waals surface area contributed by atoms with Crippen molar-refractivity contribution in [2.24, 2.45) is 0 Å². The first-order valence-corrected chi connectivity index (χ1v) is 8.08. The van der Waals surface area contributed by atoms with Crippen molar-refractivity contribution < 1.29 is 19.1 Å². The van der Waals surface area contributed by atoms with Crippen LogP contribution in [0.2, 0.25) is 0 Å². The number of anilines is 1. The van der Waals surface area contributed by atoms with E-state index in [0.29, 0.717) is 14.8 Å². The number of amides is 2. The number of H-pyrrole nitrogens is 1. The fourth-order valence-electron chi connectivity index (χ4n) is 1.91. The number of hydrogen-bond donors (Lipinski definition) is 3. The molecular weight excluding hydrogens is 352 g/mol. The Kier molecular flexibility index (Phi) is 6.27. The van der Waals surface area contributed by atoms with Gasteiger partial charge in [-0.15, -0.1) is 5.10 Å². The number of esters is 1. The topological polar surface area (TPSA) is 105 Å². The van der Waals surface area contributed by atoms with Crippen molar-refractivity contribution >= 4 is 40.7 Å². The minimum absolute atomic E-state index is 0.278. The maximum Gasteiger partial charge on any atom is 0.328 e. The monoisotopic (exact) mass is 368 g/mol. The first-order chi connectivity index (χ1) is 11.5. The van der Waals surface area contributed by atoms with Gasteiger partial charge >= 0.3 is 12.0 Å². The number of methoxy groups -OCH3 is 2. The lowest BCUT2D eigenvalue weighted by molar-refractivity contribution is -0.142. The maximum atomic E-state index is 12.0. The molecule has 10 heteroatoms. The Balaban J connectivity index is 2.02. The molecule has 1 heterocycles. The first-order valence-electron chi connectivity index (χ1n) is 6.85. The molecule has 1 aromatic carbocycles. The summed E-state index contributed by atoms with van der Waals surface area (Å²) in [7, 11) is 2.84. The van der Waals surface area contributed by atoms with Gasteiger partial charge in [-0.2, -0.15) is 0 Å². The molecule has 0 aliphatic rings. The van der Waals surface area contributed by atoms with E-state index in [-0.39, 0.29) is 6.42 Å². The van der Waals surface area contributed by atoms with Gasteiger partial charge in [0.2, 0.25) is 5.13 Å². The fourth-order valence-corrected chi connectivity index (χ4v) is 2.69. The van der Waals surface area contributed by atoms with E-state index >= 15 is 0 Å². The van der Waals surface area contributed by atoms with Crippen molar-refractivity contribution in [3.63, 3.8) is 0 Å². The largest absolute Gasteiger partial charge is 0.497 e. The number of benzene rings is 1. The van der Waals surface area contributed by atoms with Gasteiger partial charge < -0.3 is 14.8 Å². The quantitative estimate of drug-likeness (QED) is 0.533. The molecule has 24 heavy (non-hydrogen) atoms. The van der Waals surface area contributed by atoms with Gasteiger partial charge in [0.25, 0.3) is 0 Å². The van der Waals surface area contributed by atoms with Crippen LogP contribution in [0.15, 0.2) is 24.3 Å². The number of rotatable bonds is 6. The molecule has 0 saturated carbocycles. The lowest BCUT2D eigenvalue weighted by Crippen LogP contribution is -2.45. The second-order valence-corrected chi connectivity index (χ2v) is 6.31. The molecule has 1 atom stereocenters. The number of ether oxygens (including phenoxy) is 2. The Morgan fingerprint density at radius 2 is 2.04 bits per heavy atom. The molecule has 8 nitrogen and oxygen atoms in total. The van der Waals surface area contributed by atoms with Crippen LogP contribution in [0, 0.1) is 3.95 Å². The van der Waals surface area contributed by atoms with Gasteiger partial charge in [0.15, 0.2) is 3.95 Å². The third kappa shape index (κ3) is 5.03. The van der Waals surface area contributed by atoms with E-state index in [0.717, 1.165) is 16.9 Å². The van der Waals surface area contributed by atoms with E-state index in [1.54, 1.807) is 19.2 Å². The van der Waals surface area contributed by atoms with Crippen LogP contribution < -0.4 is 15.4 Å². The normalized spacial score (nSPS) is 11.4. The van der Waals surface area contributed by atoms with Crippen molar-refractivity contribution in [3.05, 3.63) is 33.8 Å². The van der Waals surface area contributed by atoms with Crippen molar-refractivity contribution in [3.8, 4) is 5.75 Å². The SMILES string of the molecule is COC(=O)[C@H](Cc1ccc(OC)cc1)NC(=O)Nc1n[nH]c(=S)s1. The highest BCUT2D eigenvalue weighted by molar-refractivity contribution is 7.73. The molecule has 0 spiro atoms. The molecule has 0 bridgehead atoms. The van der Waals surface area contributed by atoms with Crippen LogP contribution >= 0.6 is 23.6 Å². The zero-order valence-corrected chi connectivity index (χ0v) is 14.6. The summed E-state index contributed by atoms with van der Waals surface area (Å²) in [5, 5.41) is 11.8. The Labute approximate surface area is 147 Å². The minimum Gasteiger partial charge on any atom is -0.497 e. The number of aromatic nitrogens is 2. The molecule has 3 N–H and O–H groups in total. The average Bonchev–Trinajstić information content (AvgIpc) is 2.98. The number of carbonyl (C=O) groups is 2. The molecule has 0 fully saturated rings. The van der Waals surface area contributed by atoms with Gasteiger partial charge in [0, 0.05) is 6.42 Å². The summed E-state index contributed by atoms with van der Waals surface area (Å²) in [6.07, 6.45) is 0.278. The molecule has 0 saturated heterocycles. The maximum absolute atomic E-state index is 12.0. The predicted molar refractivity (Wildman–Crippen MR) is 92.0 cm³/mol. The lowest BCUT2D eigenvalue weighted by Gasteiger charge is -2.16. The summed E-state index contributed by atoms with van der Waals surface area (Å²) in [6.45, 7) is 0. The molecule has 128 valence electrons. The van der Waals surface area contributed by atoms with E-state index in [1.807, 2.05) is 12.1 Å².